The summed E-state index contributed by atoms with van der Waals surface area (Å²) in [6, 6.07) is 2.57. The quantitative estimate of drug-likeness (QED) is 0.820. The van der Waals surface area contributed by atoms with Crippen LogP contribution < -0.4 is 4.74 Å². The molecule has 0 saturated carbocycles. The van der Waals surface area contributed by atoms with Crippen molar-refractivity contribution in [1.82, 2.24) is 4.90 Å². The highest BCUT2D eigenvalue weighted by Gasteiger charge is 2.15. The first-order valence-electron chi connectivity index (χ1n) is 6.53. The van der Waals surface area contributed by atoms with Crippen molar-refractivity contribution >= 4 is 0 Å². The molecule has 5 heteroatoms. The van der Waals surface area contributed by atoms with Gasteiger partial charge in [0.05, 0.1) is 20.3 Å². The van der Waals surface area contributed by atoms with E-state index in [4.69, 9.17) is 9.47 Å². The maximum absolute atomic E-state index is 13.9. The molecule has 0 unspecified atom stereocenters. The Hall–Kier alpha value is -1.20. The van der Waals surface area contributed by atoms with Gasteiger partial charge < -0.3 is 9.47 Å². The zero-order valence-electron chi connectivity index (χ0n) is 11.1. The highest BCUT2D eigenvalue weighted by atomic mass is 19.1. The summed E-state index contributed by atoms with van der Waals surface area (Å²) < 4.78 is 37.6. The maximum Gasteiger partial charge on any atom is 0.171 e. The lowest BCUT2D eigenvalue weighted by Gasteiger charge is -2.26. The molecule has 1 saturated heterocycles. The minimum Gasteiger partial charge on any atom is -0.494 e. The van der Waals surface area contributed by atoms with Crippen molar-refractivity contribution < 1.29 is 18.3 Å². The fraction of sp³-hybridized carbons (Fsp3) is 0.571. The number of halogens is 2. The van der Waals surface area contributed by atoms with Gasteiger partial charge in [0, 0.05) is 18.7 Å². The van der Waals surface area contributed by atoms with Crippen molar-refractivity contribution in [3.8, 4) is 5.75 Å². The van der Waals surface area contributed by atoms with Crippen LogP contribution in [0.3, 0.4) is 0 Å². The maximum atomic E-state index is 13.9. The molecule has 0 aromatic heterocycles. The summed E-state index contributed by atoms with van der Waals surface area (Å²) in [6.07, 6.45) is 1.10. The zero-order valence-corrected chi connectivity index (χ0v) is 11.1. The van der Waals surface area contributed by atoms with E-state index in [1.54, 1.807) is 0 Å². The highest BCUT2D eigenvalue weighted by Crippen LogP contribution is 2.24. The number of hydrogen-bond acceptors (Lipinski definition) is 3. The first kappa shape index (κ1) is 14.2. The second-order valence-corrected chi connectivity index (χ2v) is 4.60. The molecule has 1 aliphatic heterocycles. The summed E-state index contributed by atoms with van der Waals surface area (Å²) in [5.41, 5.74) is 0.118. The van der Waals surface area contributed by atoms with Crippen LogP contribution in [-0.2, 0) is 11.2 Å². The summed E-state index contributed by atoms with van der Waals surface area (Å²) in [5.74, 6) is -0.979. The number of nitrogens with zero attached hydrogens (tertiary/aromatic N) is 1. The van der Waals surface area contributed by atoms with E-state index in [-0.39, 0.29) is 11.3 Å². The fourth-order valence-electron chi connectivity index (χ4n) is 2.27. The number of methoxy groups -OCH3 is 1. The Kier molecular flexibility index (Phi) is 5.10. The summed E-state index contributed by atoms with van der Waals surface area (Å²) >= 11 is 0. The standard InChI is InChI=1S/C14H19F2NO2/c1-18-13-5-4-12(15)11(14(13)16)3-2-6-17-7-9-19-10-8-17/h4-5H,2-3,6-10H2,1H3. The molecule has 0 N–H and O–H groups in total. The Bertz CT molecular complexity index is 420. The van der Waals surface area contributed by atoms with Gasteiger partial charge in [-0.15, -0.1) is 0 Å². The average molecular weight is 271 g/mol. The lowest BCUT2D eigenvalue weighted by atomic mass is 10.1. The van der Waals surface area contributed by atoms with Gasteiger partial charge in [-0.3, -0.25) is 4.90 Å². The van der Waals surface area contributed by atoms with Crippen molar-refractivity contribution in [1.29, 1.82) is 0 Å². The Morgan fingerprint density at radius 2 is 2.00 bits per heavy atom. The summed E-state index contributed by atoms with van der Waals surface area (Å²) in [5, 5.41) is 0. The number of morpholine rings is 1. The molecule has 1 aliphatic rings. The second kappa shape index (κ2) is 6.82. The van der Waals surface area contributed by atoms with E-state index in [1.165, 1.54) is 19.2 Å². The van der Waals surface area contributed by atoms with E-state index in [1.807, 2.05) is 0 Å². The largest absolute Gasteiger partial charge is 0.494 e. The summed E-state index contributed by atoms with van der Waals surface area (Å²) in [6.45, 7) is 4.09. The lowest BCUT2D eigenvalue weighted by Crippen LogP contribution is -2.37. The molecule has 0 spiro atoms. The summed E-state index contributed by atoms with van der Waals surface area (Å²) in [7, 11) is 1.38. The van der Waals surface area contributed by atoms with Crippen LogP contribution in [-0.4, -0.2) is 44.9 Å². The zero-order chi connectivity index (χ0) is 13.7. The third-order valence-corrected chi connectivity index (χ3v) is 3.38. The number of rotatable bonds is 5. The van der Waals surface area contributed by atoms with Crippen molar-refractivity contribution in [2.75, 3.05) is 40.0 Å². The van der Waals surface area contributed by atoms with Gasteiger partial charge in [-0.1, -0.05) is 0 Å². The predicted octanol–water partition coefficient (Wildman–Crippen LogP) is 2.24. The third-order valence-electron chi connectivity index (χ3n) is 3.38. The Morgan fingerprint density at radius 3 is 2.68 bits per heavy atom. The van der Waals surface area contributed by atoms with Crippen molar-refractivity contribution in [2.45, 2.75) is 12.8 Å². The topological polar surface area (TPSA) is 21.7 Å². The molecule has 1 heterocycles. The molecule has 3 nitrogen and oxygen atoms in total. The summed E-state index contributed by atoms with van der Waals surface area (Å²) in [4.78, 5) is 2.25. The van der Waals surface area contributed by atoms with Crippen molar-refractivity contribution in [3.05, 3.63) is 29.3 Å². The van der Waals surface area contributed by atoms with E-state index in [0.717, 1.165) is 39.3 Å². The van der Waals surface area contributed by atoms with Crippen LogP contribution in [0.4, 0.5) is 8.78 Å². The Balaban J connectivity index is 1.91. The van der Waals surface area contributed by atoms with Crippen LogP contribution >= 0.6 is 0 Å². The lowest BCUT2D eigenvalue weighted by molar-refractivity contribution is 0.0374. The van der Waals surface area contributed by atoms with Gasteiger partial charge in [0.15, 0.2) is 11.6 Å². The third kappa shape index (κ3) is 3.64. The van der Waals surface area contributed by atoms with Crippen LogP contribution in [0.2, 0.25) is 0 Å². The first-order valence-corrected chi connectivity index (χ1v) is 6.53. The van der Waals surface area contributed by atoms with E-state index >= 15 is 0 Å². The molecule has 0 atom stereocenters. The average Bonchev–Trinajstić information content (AvgIpc) is 2.44. The van der Waals surface area contributed by atoms with Gasteiger partial charge in [0.2, 0.25) is 0 Å². The molecule has 1 aromatic rings. The van der Waals surface area contributed by atoms with Crippen LogP contribution in [0.15, 0.2) is 12.1 Å². The normalized spacial score (nSPS) is 16.6. The molecule has 106 valence electrons. The molecule has 0 aliphatic carbocycles. The van der Waals surface area contributed by atoms with Crippen LogP contribution in [0, 0.1) is 11.6 Å². The molecule has 0 amide bonds. The van der Waals surface area contributed by atoms with Gasteiger partial charge in [0.1, 0.15) is 5.82 Å². The molecular weight excluding hydrogens is 252 g/mol. The van der Waals surface area contributed by atoms with Gasteiger partial charge in [-0.25, -0.2) is 8.78 Å². The van der Waals surface area contributed by atoms with E-state index in [0.29, 0.717) is 6.42 Å². The Morgan fingerprint density at radius 1 is 1.26 bits per heavy atom. The molecule has 1 fully saturated rings. The van der Waals surface area contributed by atoms with Gasteiger partial charge in [-0.05, 0) is 31.5 Å². The molecule has 0 bridgehead atoms. The van der Waals surface area contributed by atoms with Crippen molar-refractivity contribution in [3.63, 3.8) is 0 Å². The molecular formula is C14H19F2NO2. The number of benzene rings is 1. The van der Waals surface area contributed by atoms with Gasteiger partial charge >= 0.3 is 0 Å². The second-order valence-electron chi connectivity index (χ2n) is 4.60. The van der Waals surface area contributed by atoms with E-state index in [9.17, 15) is 8.78 Å². The van der Waals surface area contributed by atoms with Crippen LogP contribution in [0.5, 0.6) is 5.75 Å². The van der Waals surface area contributed by atoms with E-state index < -0.39 is 11.6 Å². The van der Waals surface area contributed by atoms with E-state index in [2.05, 4.69) is 4.90 Å². The van der Waals surface area contributed by atoms with Crippen molar-refractivity contribution in [2.24, 2.45) is 0 Å². The molecule has 19 heavy (non-hydrogen) atoms. The fourth-order valence-corrected chi connectivity index (χ4v) is 2.27. The minimum atomic E-state index is -0.579. The molecule has 2 rings (SSSR count). The predicted molar refractivity (Wildman–Crippen MR) is 68.5 cm³/mol. The Labute approximate surface area is 112 Å². The SMILES string of the molecule is COc1ccc(F)c(CCCN2CCOCC2)c1F. The smallest absolute Gasteiger partial charge is 0.171 e. The highest BCUT2D eigenvalue weighted by molar-refractivity contribution is 5.32. The number of hydrogen-bond donors (Lipinski definition) is 0. The monoisotopic (exact) mass is 271 g/mol. The molecule has 1 aromatic carbocycles. The first-order chi connectivity index (χ1) is 9.22. The van der Waals surface area contributed by atoms with Crippen LogP contribution in [0.25, 0.3) is 0 Å². The van der Waals surface area contributed by atoms with Crippen LogP contribution in [0.1, 0.15) is 12.0 Å². The molecule has 0 radical (unpaired) electrons. The van der Waals surface area contributed by atoms with Gasteiger partial charge in [0.25, 0.3) is 0 Å². The minimum absolute atomic E-state index is 0.0998. The van der Waals surface area contributed by atoms with Gasteiger partial charge in [-0.2, -0.15) is 0 Å². The number of ether oxygens (including phenoxy) is 2.